The Bertz CT molecular complexity index is 215. The molecule has 2 N–H and O–H groups in total. The first kappa shape index (κ1) is 11.5. The highest BCUT2D eigenvalue weighted by Gasteiger charge is 2.12. The Labute approximate surface area is 88.1 Å². The predicted molar refractivity (Wildman–Crippen MR) is 63.2 cm³/mol. The molecule has 14 heavy (non-hydrogen) atoms. The molecule has 80 valence electrons. The van der Waals surface area contributed by atoms with Gasteiger partial charge in [0.05, 0.1) is 0 Å². The summed E-state index contributed by atoms with van der Waals surface area (Å²) in [5.41, 5.74) is 9.13. The van der Waals surface area contributed by atoms with Crippen molar-refractivity contribution in [1.82, 2.24) is 0 Å². The minimum Gasteiger partial charge on any atom is -0.321 e. The van der Waals surface area contributed by atoms with Gasteiger partial charge in [-0.3, -0.25) is 0 Å². The van der Waals surface area contributed by atoms with Crippen LogP contribution in [0.1, 0.15) is 51.9 Å². The molecule has 1 rings (SSSR count). The largest absolute Gasteiger partial charge is 0.321 e. The first-order valence-electron chi connectivity index (χ1n) is 5.88. The molecule has 1 aliphatic carbocycles. The minimum absolute atomic E-state index is 0.100. The summed E-state index contributed by atoms with van der Waals surface area (Å²) in [7, 11) is 0. The number of allylic oxidation sites excluding steroid dienone is 1. The maximum absolute atomic E-state index is 6.06. The maximum Gasteiger partial charge on any atom is 0.0440 e. The standard InChI is InChI=1S/C13H23N/c1-3-11-9-7-5-6-8-10-12(11)13(14)4-2/h4,13H,2-3,5-10,14H2,1H3/b12-11+. The van der Waals surface area contributed by atoms with Gasteiger partial charge in [0.2, 0.25) is 0 Å². The van der Waals surface area contributed by atoms with E-state index in [1.165, 1.54) is 44.1 Å². The first-order valence-corrected chi connectivity index (χ1v) is 5.88. The van der Waals surface area contributed by atoms with Gasteiger partial charge in [-0.1, -0.05) is 37.0 Å². The molecule has 0 aliphatic heterocycles. The molecule has 1 heteroatoms. The van der Waals surface area contributed by atoms with E-state index >= 15 is 0 Å². The lowest BCUT2D eigenvalue weighted by atomic mass is 9.88. The fourth-order valence-corrected chi connectivity index (χ4v) is 2.29. The third-order valence-corrected chi connectivity index (χ3v) is 3.21. The van der Waals surface area contributed by atoms with Gasteiger partial charge in [-0.25, -0.2) is 0 Å². The lowest BCUT2D eigenvalue weighted by Crippen LogP contribution is -2.21. The van der Waals surface area contributed by atoms with Crippen LogP contribution >= 0.6 is 0 Å². The molecule has 0 amide bonds. The minimum atomic E-state index is 0.100. The number of rotatable bonds is 3. The quantitative estimate of drug-likeness (QED) is 0.681. The van der Waals surface area contributed by atoms with Crippen LogP contribution < -0.4 is 5.73 Å². The second-order valence-electron chi connectivity index (χ2n) is 4.16. The van der Waals surface area contributed by atoms with E-state index in [0.717, 1.165) is 6.42 Å². The highest BCUT2D eigenvalue weighted by atomic mass is 14.6. The van der Waals surface area contributed by atoms with Crippen LogP contribution in [0.3, 0.4) is 0 Å². The fraction of sp³-hybridized carbons (Fsp3) is 0.692. The molecular weight excluding hydrogens is 170 g/mol. The van der Waals surface area contributed by atoms with Crippen LogP contribution in [-0.4, -0.2) is 6.04 Å². The Hall–Kier alpha value is -0.560. The van der Waals surface area contributed by atoms with Crippen LogP contribution in [0.15, 0.2) is 23.8 Å². The zero-order valence-corrected chi connectivity index (χ0v) is 9.39. The number of hydrogen-bond donors (Lipinski definition) is 1. The van der Waals surface area contributed by atoms with Crippen LogP contribution in [0.2, 0.25) is 0 Å². The topological polar surface area (TPSA) is 26.0 Å². The van der Waals surface area contributed by atoms with E-state index in [2.05, 4.69) is 13.5 Å². The van der Waals surface area contributed by atoms with Gasteiger partial charge in [-0.05, 0) is 32.1 Å². The highest BCUT2D eigenvalue weighted by Crippen LogP contribution is 2.26. The smallest absolute Gasteiger partial charge is 0.0440 e. The fourth-order valence-electron chi connectivity index (χ4n) is 2.29. The van der Waals surface area contributed by atoms with Gasteiger partial charge in [0.15, 0.2) is 0 Å². The summed E-state index contributed by atoms with van der Waals surface area (Å²) in [6, 6.07) is 0.100. The third kappa shape index (κ3) is 2.98. The second-order valence-corrected chi connectivity index (χ2v) is 4.16. The zero-order chi connectivity index (χ0) is 10.4. The van der Waals surface area contributed by atoms with Gasteiger partial charge < -0.3 is 5.73 Å². The van der Waals surface area contributed by atoms with Crippen LogP contribution in [0.25, 0.3) is 0 Å². The number of nitrogens with two attached hydrogens (primary N) is 1. The van der Waals surface area contributed by atoms with E-state index in [0.29, 0.717) is 0 Å². The third-order valence-electron chi connectivity index (χ3n) is 3.21. The zero-order valence-electron chi connectivity index (χ0n) is 9.39. The molecular formula is C13H23N. The van der Waals surface area contributed by atoms with E-state index in [1.54, 1.807) is 5.57 Å². The molecule has 0 saturated heterocycles. The van der Waals surface area contributed by atoms with E-state index in [-0.39, 0.29) is 6.04 Å². The van der Waals surface area contributed by atoms with Crippen molar-refractivity contribution in [3.63, 3.8) is 0 Å². The molecule has 0 radical (unpaired) electrons. The van der Waals surface area contributed by atoms with Gasteiger partial charge in [-0.15, -0.1) is 6.58 Å². The lowest BCUT2D eigenvalue weighted by Gasteiger charge is -2.20. The Morgan fingerprint density at radius 1 is 1.29 bits per heavy atom. The van der Waals surface area contributed by atoms with Gasteiger partial charge >= 0.3 is 0 Å². The Morgan fingerprint density at radius 3 is 2.50 bits per heavy atom. The van der Waals surface area contributed by atoms with Crippen LogP contribution in [-0.2, 0) is 0 Å². The van der Waals surface area contributed by atoms with Crippen molar-refractivity contribution in [1.29, 1.82) is 0 Å². The number of hydrogen-bond acceptors (Lipinski definition) is 1. The Balaban J connectivity index is 2.81. The van der Waals surface area contributed by atoms with E-state index in [1.807, 2.05) is 6.08 Å². The van der Waals surface area contributed by atoms with E-state index in [4.69, 9.17) is 5.73 Å². The predicted octanol–water partition coefficient (Wildman–Crippen LogP) is 3.56. The summed E-state index contributed by atoms with van der Waals surface area (Å²) in [6.45, 7) is 6.04. The van der Waals surface area contributed by atoms with Crippen molar-refractivity contribution < 1.29 is 0 Å². The molecule has 1 aliphatic rings. The SMILES string of the molecule is C=CC(N)/C1=C(\CC)CCCCCC1. The van der Waals surface area contributed by atoms with Crippen LogP contribution in [0.4, 0.5) is 0 Å². The first-order chi connectivity index (χ1) is 6.79. The average molecular weight is 193 g/mol. The van der Waals surface area contributed by atoms with Gasteiger partial charge in [-0.2, -0.15) is 0 Å². The Morgan fingerprint density at radius 2 is 1.93 bits per heavy atom. The molecule has 0 heterocycles. The second kappa shape index (κ2) is 6.02. The lowest BCUT2D eigenvalue weighted by molar-refractivity contribution is 0.589. The molecule has 1 atom stereocenters. The van der Waals surface area contributed by atoms with Crippen molar-refractivity contribution in [3.8, 4) is 0 Å². The Kier molecular flexibility index (Phi) is 4.95. The van der Waals surface area contributed by atoms with Crippen molar-refractivity contribution in [2.45, 2.75) is 57.9 Å². The van der Waals surface area contributed by atoms with Crippen molar-refractivity contribution in [2.24, 2.45) is 5.73 Å². The van der Waals surface area contributed by atoms with Gasteiger partial charge in [0.1, 0.15) is 0 Å². The van der Waals surface area contributed by atoms with Gasteiger partial charge in [0, 0.05) is 6.04 Å². The summed E-state index contributed by atoms with van der Waals surface area (Å²) in [4.78, 5) is 0. The molecule has 0 bridgehead atoms. The summed E-state index contributed by atoms with van der Waals surface area (Å²) in [6.07, 6.45) is 10.9. The summed E-state index contributed by atoms with van der Waals surface area (Å²) in [5, 5.41) is 0. The molecule has 0 aromatic carbocycles. The molecule has 0 fully saturated rings. The normalized spacial score (nSPS) is 26.4. The monoisotopic (exact) mass is 193 g/mol. The van der Waals surface area contributed by atoms with E-state index in [9.17, 15) is 0 Å². The van der Waals surface area contributed by atoms with Crippen molar-refractivity contribution >= 4 is 0 Å². The van der Waals surface area contributed by atoms with Crippen molar-refractivity contribution in [2.75, 3.05) is 0 Å². The van der Waals surface area contributed by atoms with Crippen LogP contribution in [0.5, 0.6) is 0 Å². The van der Waals surface area contributed by atoms with E-state index < -0.39 is 0 Å². The summed E-state index contributed by atoms with van der Waals surface area (Å²) < 4.78 is 0. The summed E-state index contributed by atoms with van der Waals surface area (Å²) in [5.74, 6) is 0. The van der Waals surface area contributed by atoms with Crippen molar-refractivity contribution in [3.05, 3.63) is 23.8 Å². The molecule has 0 saturated carbocycles. The molecule has 0 aromatic rings. The molecule has 0 aromatic heterocycles. The molecule has 1 nitrogen and oxygen atoms in total. The van der Waals surface area contributed by atoms with Gasteiger partial charge in [0.25, 0.3) is 0 Å². The average Bonchev–Trinajstić information content (AvgIpc) is 2.17. The summed E-state index contributed by atoms with van der Waals surface area (Å²) >= 11 is 0. The maximum atomic E-state index is 6.06. The molecule has 1 unspecified atom stereocenters. The molecule has 0 spiro atoms. The van der Waals surface area contributed by atoms with Crippen LogP contribution in [0, 0.1) is 0 Å². The highest BCUT2D eigenvalue weighted by molar-refractivity contribution is 5.24.